The summed E-state index contributed by atoms with van der Waals surface area (Å²) in [6, 6.07) is 14.7. The average Bonchev–Trinajstić information content (AvgIpc) is 2.38. The topological polar surface area (TPSA) is 29.3 Å². The van der Waals surface area contributed by atoms with E-state index < -0.39 is 0 Å². The van der Waals surface area contributed by atoms with Gasteiger partial charge in [0.2, 0.25) is 0 Å². The van der Waals surface area contributed by atoms with Crippen LogP contribution in [0.5, 0.6) is 0 Å². The maximum Gasteiger partial charge on any atom is 0.0461 e. The maximum absolute atomic E-state index is 5.90. The van der Waals surface area contributed by atoms with E-state index in [0.29, 0.717) is 0 Å². The molecule has 0 aliphatic heterocycles. The van der Waals surface area contributed by atoms with Gasteiger partial charge in [-0.2, -0.15) is 0 Å². The Morgan fingerprint density at radius 2 is 1.74 bits per heavy atom. The molecule has 0 heterocycles. The highest BCUT2D eigenvalue weighted by Gasteiger charge is 2.06. The standard InChI is InChI=1S/C16H19BrN2/c1-12-6-8-13(9-7-12)10-19(2)11-14-4-3-5-15(18)16(14)17/h3-9H,10-11,18H2,1-2H3. The van der Waals surface area contributed by atoms with Crippen molar-refractivity contribution in [1.29, 1.82) is 0 Å². The molecule has 2 nitrogen and oxygen atoms in total. The highest BCUT2D eigenvalue weighted by atomic mass is 79.9. The van der Waals surface area contributed by atoms with Crippen LogP contribution in [-0.2, 0) is 13.1 Å². The SMILES string of the molecule is Cc1ccc(CN(C)Cc2cccc(N)c2Br)cc1. The molecule has 2 aromatic carbocycles. The van der Waals surface area contributed by atoms with Gasteiger partial charge in [0.1, 0.15) is 0 Å². The van der Waals surface area contributed by atoms with Crippen molar-refractivity contribution >= 4 is 21.6 Å². The molecule has 0 unspecified atom stereocenters. The van der Waals surface area contributed by atoms with Crippen LogP contribution in [-0.4, -0.2) is 11.9 Å². The molecule has 0 atom stereocenters. The fraction of sp³-hybridized carbons (Fsp3) is 0.250. The van der Waals surface area contributed by atoms with E-state index in [-0.39, 0.29) is 0 Å². The Morgan fingerprint density at radius 3 is 2.42 bits per heavy atom. The summed E-state index contributed by atoms with van der Waals surface area (Å²) in [5.74, 6) is 0. The number of halogens is 1. The maximum atomic E-state index is 5.90. The summed E-state index contributed by atoms with van der Waals surface area (Å²) in [5, 5.41) is 0. The van der Waals surface area contributed by atoms with Crippen LogP contribution in [0, 0.1) is 6.92 Å². The average molecular weight is 319 g/mol. The minimum Gasteiger partial charge on any atom is -0.398 e. The summed E-state index contributed by atoms with van der Waals surface area (Å²) in [6.45, 7) is 3.92. The van der Waals surface area contributed by atoms with Gasteiger partial charge in [-0.25, -0.2) is 0 Å². The zero-order valence-electron chi connectivity index (χ0n) is 11.4. The molecule has 3 heteroatoms. The second-order valence-corrected chi connectivity index (χ2v) is 5.77. The first-order valence-electron chi connectivity index (χ1n) is 6.33. The Balaban J connectivity index is 2.03. The minimum absolute atomic E-state index is 0.793. The van der Waals surface area contributed by atoms with Gasteiger partial charge in [-0.05, 0) is 47.1 Å². The third-order valence-corrected chi connectivity index (χ3v) is 4.09. The van der Waals surface area contributed by atoms with E-state index in [9.17, 15) is 0 Å². The predicted octanol–water partition coefficient (Wildman–Crippen LogP) is 3.97. The first-order chi connectivity index (χ1) is 9.06. The van der Waals surface area contributed by atoms with Gasteiger partial charge in [0.15, 0.2) is 0 Å². The zero-order valence-corrected chi connectivity index (χ0v) is 12.9. The van der Waals surface area contributed by atoms with Crippen molar-refractivity contribution in [3.63, 3.8) is 0 Å². The van der Waals surface area contributed by atoms with E-state index in [1.54, 1.807) is 0 Å². The minimum atomic E-state index is 0.793. The van der Waals surface area contributed by atoms with Crippen LogP contribution in [0.4, 0.5) is 5.69 Å². The molecule has 0 aliphatic carbocycles. The number of rotatable bonds is 4. The largest absolute Gasteiger partial charge is 0.398 e. The lowest BCUT2D eigenvalue weighted by Gasteiger charge is -2.18. The lowest BCUT2D eigenvalue weighted by Crippen LogP contribution is -2.17. The van der Waals surface area contributed by atoms with Gasteiger partial charge >= 0.3 is 0 Å². The van der Waals surface area contributed by atoms with E-state index in [0.717, 1.165) is 23.2 Å². The van der Waals surface area contributed by atoms with Gasteiger partial charge in [0, 0.05) is 23.2 Å². The van der Waals surface area contributed by atoms with Gasteiger partial charge in [-0.15, -0.1) is 0 Å². The summed E-state index contributed by atoms with van der Waals surface area (Å²) in [4.78, 5) is 2.28. The van der Waals surface area contributed by atoms with Gasteiger partial charge in [0.25, 0.3) is 0 Å². The number of aryl methyl sites for hydroxylation is 1. The normalized spacial score (nSPS) is 10.9. The number of hydrogen-bond acceptors (Lipinski definition) is 2. The van der Waals surface area contributed by atoms with Crippen LogP contribution in [0.25, 0.3) is 0 Å². The molecular formula is C16H19BrN2. The summed E-state index contributed by atoms with van der Waals surface area (Å²) in [6.07, 6.45) is 0. The van der Waals surface area contributed by atoms with E-state index >= 15 is 0 Å². The zero-order chi connectivity index (χ0) is 13.8. The van der Waals surface area contributed by atoms with Crippen molar-refractivity contribution < 1.29 is 0 Å². The number of nitrogens with zero attached hydrogens (tertiary/aromatic N) is 1. The van der Waals surface area contributed by atoms with Crippen molar-refractivity contribution in [3.05, 3.63) is 63.6 Å². The molecule has 0 radical (unpaired) electrons. The fourth-order valence-corrected chi connectivity index (χ4v) is 2.46. The van der Waals surface area contributed by atoms with Crippen molar-refractivity contribution in [3.8, 4) is 0 Å². The van der Waals surface area contributed by atoms with Gasteiger partial charge in [0.05, 0.1) is 0 Å². The van der Waals surface area contributed by atoms with E-state index in [1.165, 1.54) is 16.7 Å². The Hall–Kier alpha value is -1.32. The molecule has 0 aliphatic rings. The summed E-state index contributed by atoms with van der Waals surface area (Å²) >= 11 is 3.55. The molecule has 0 amide bonds. The van der Waals surface area contributed by atoms with Gasteiger partial charge in [-0.1, -0.05) is 42.0 Å². The Labute approximate surface area is 123 Å². The fourth-order valence-electron chi connectivity index (χ4n) is 2.07. The van der Waals surface area contributed by atoms with Gasteiger partial charge in [-0.3, -0.25) is 4.90 Å². The van der Waals surface area contributed by atoms with Crippen LogP contribution in [0.3, 0.4) is 0 Å². The first kappa shape index (κ1) is 14.1. The van der Waals surface area contributed by atoms with Crippen LogP contribution < -0.4 is 5.73 Å². The first-order valence-corrected chi connectivity index (χ1v) is 7.12. The number of anilines is 1. The van der Waals surface area contributed by atoms with Crippen LogP contribution in [0.1, 0.15) is 16.7 Å². The Kier molecular flexibility index (Phi) is 4.61. The highest BCUT2D eigenvalue weighted by molar-refractivity contribution is 9.10. The van der Waals surface area contributed by atoms with E-state index in [2.05, 4.69) is 65.1 Å². The number of nitrogen functional groups attached to an aromatic ring is 1. The van der Waals surface area contributed by atoms with Crippen molar-refractivity contribution in [2.75, 3.05) is 12.8 Å². The van der Waals surface area contributed by atoms with Crippen molar-refractivity contribution in [2.24, 2.45) is 0 Å². The van der Waals surface area contributed by atoms with Crippen molar-refractivity contribution in [1.82, 2.24) is 4.90 Å². The molecule has 0 bridgehead atoms. The molecule has 0 fully saturated rings. The molecule has 0 saturated heterocycles. The molecule has 19 heavy (non-hydrogen) atoms. The second kappa shape index (κ2) is 6.22. The summed E-state index contributed by atoms with van der Waals surface area (Å²) < 4.78 is 1.01. The number of nitrogens with two attached hydrogens (primary N) is 1. The molecule has 0 spiro atoms. The smallest absolute Gasteiger partial charge is 0.0461 e. The van der Waals surface area contributed by atoms with Crippen LogP contribution in [0.15, 0.2) is 46.9 Å². The van der Waals surface area contributed by atoms with Crippen LogP contribution >= 0.6 is 15.9 Å². The molecule has 2 N–H and O–H groups in total. The summed E-state index contributed by atoms with van der Waals surface area (Å²) in [7, 11) is 2.12. The van der Waals surface area contributed by atoms with E-state index in [4.69, 9.17) is 5.73 Å². The molecule has 0 aromatic heterocycles. The second-order valence-electron chi connectivity index (χ2n) is 4.98. The highest BCUT2D eigenvalue weighted by Crippen LogP contribution is 2.25. The monoisotopic (exact) mass is 318 g/mol. The Bertz CT molecular complexity index is 549. The number of hydrogen-bond donors (Lipinski definition) is 1. The third-order valence-electron chi connectivity index (χ3n) is 3.12. The molecule has 2 aromatic rings. The Morgan fingerprint density at radius 1 is 1.05 bits per heavy atom. The molecule has 100 valence electrons. The van der Waals surface area contributed by atoms with Crippen LogP contribution in [0.2, 0.25) is 0 Å². The van der Waals surface area contributed by atoms with E-state index in [1.807, 2.05) is 12.1 Å². The lowest BCUT2D eigenvalue weighted by molar-refractivity contribution is 0.318. The van der Waals surface area contributed by atoms with Crippen molar-refractivity contribution in [2.45, 2.75) is 20.0 Å². The summed E-state index contributed by atoms with van der Waals surface area (Å²) in [5.41, 5.74) is 10.5. The third kappa shape index (κ3) is 3.82. The predicted molar refractivity (Wildman–Crippen MR) is 84.9 cm³/mol. The lowest BCUT2D eigenvalue weighted by atomic mass is 10.1. The van der Waals surface area contributed by atoms with Gasteiger partial charge < -0.3 is 5.73 Å². The molecule has 0 saturated carbocycles. The quantitative estimate of drug-likeness (QED) is 0.864. The molecular weight excluding hydrogens is 300 g/mol. The molecule has 2 rings (SSSR count). The number of benzene rings is 2.